The number of anilines is 1. The van der Waals surface area contributed by atoms with Gasteiger partial charge in [-0.3, -0.25) is 19.2 Å². The number of hydrogen-bond acceptors (Lipinski definition) is 6. The minimum atomic E-state index is -0.459. The Bertz CT molecular complexity index is 1050. The molecule has 9 nitrogen and oxygen atoms in total. The number of carbonyl (C=O) groups is 2. The third kappa shape index (κ3) is 4.11. The van der Waals surface area contributed by atoms with Gasteiger partial charge in [-0.25, -0.2) is 4.98 Å². The minimum Gasteiger partial charge on any atom is -0.368 e. The van der Waals surface area contributed by atoms with Crippen LogP contribution in [-0.4, -0.2) is 71.3 Å². The Morgan fingerprint density at radius 3 is 2.57 bits per heavy atom. The van der Waals surface area contributed by atoms with Crippen LogP contribution in [0.5, 0.6) is 0 Å². The van der Waals surface area contributed by atoms with Crippen LogP contribution in [-0.2, 0) is 6.54 Å². The summed E-state index contributed by atoms with van der Waals surface area (Å²) in [7, 11) is 1.60. The van der Waals surface area contributed by atoms with E-state index in [2.05, 4.69) is 25.2 Å². The van der Waals surface area contributed by atoms with Gasteiger partial charge in [-0.15, -0.1) is 0 Å². The van der Waals surface area contributed by atoms with Crippen LogP contribution in [0.2, 0.25) is 0 Å². The van der Waals surface area contributed by atoms with E-state index in [1.807, 2.05) is 29.1 Å². The lowest BCUT2D eigenvalue weighted by Crippen LogP contribution is -2.47. The summed E-state index contributed by atoms with van der Waals surface area (Å²) in [4.78, 5) is 32.1. The molecule has 1 aliphatic rings. The first-order valence-corrected chi connectivity index (χ1v) is 9.96. The maximum absolute atomic E-state index is 11.6. The molecule has 156 valence electrons. The fourth-order valence-electron chi connectivity index (χ4n) is 3.72. The molecule has 1 aromatic carbocycles. The van der Waals surface area contributed by atoms with Gasteiger partial charge in [0.05, 0.1) is 24.0 Å². The van der Waals surface area contributed by atoms with Crippen molar-refractivity contribution < 1.29 is 9.59 Å². The molecule has 0 saturated carbocycles. The highest BCUT2D eigenvalue weighted by molar-refractivity contribution is 6.04. The van der Waals surface area contributed by atoms with Gasteiger partial charge in [0, 0.05) is 51.4 Å². The largest absolute Gasteiger partial charge is 0.368 e. The first-order valence-electron chi connectivity index (χ1n) is 9.96. The summed E-state index contributed by atoms with van der Waals surface area (Å²) in [6.45, 7) is 5.29. The molecule has 1 fully saturated rings. The molecule has 0 aliphatic carbocycles. The van der Waals surface area contributed by atoms with Gasteiger partial charge in [-0.05, 0) is 18.2 Å². The molecule has 30 heavy (non-hydrogen) atoms. The number of pyridine rings is 1. The monoisotopic (exact) mass is 407 g/mol. The molecule has 2 amide bonds. The standard InChI is InChI=1S/C21H25N7O2/c1-23-21(30)18-6-5-16(13-24-18)27-10-7-26(8-11-27)9-12-28-14-15-3-2-4-17(20(22)29)19(15)25-28/h2-6,13-14H,7-12H2,1H3,(H2,22,29)(H,23,30). The highest BCUT2D eigenvalue weighted by Gasteiger charge is 2.18. The lowest BCUT2D eigenvalue weighted by atomic mass is 10.1. The van der Waals surface area contributed by atoms with Crippen molar-refractivity contribution in [2.24, 2.45) is 5.73 Å². The van der Waals surface area contributed by atoms with Gasteiger partial charge in [0.25, 0.3) is 11.8 Å². The van der Waals surface area contributed by atoms with E-state index in [0.717, 1.165) is 50.3 Å². The van der Waals surface area contributed by atoms with E-state index in [0.29, 0.717) is 16.8 Å². The Hall–Kier alpha value is -3.46. The van der Waals surface area contributed by atoms with Crippen molar-refractivity contribution in [2.45, 2.75) is 6.54 Å². The number of primary amides is 1. The number of fused-ring (bicyclic) bond motifs is 1. The molecule has 2 aromatic heterocycles. The van der Waals surface area contributed by atoms with E-state index < -0.39 is 5.91 Å². The van der Waals surface area contributed by atoms with E-state index in [1.54, 1.807) is 25.4 Å². The van der Waals surface area contributed by atoms with Gasteiger partial charge < -0.3 is 16.0 Å². The van der Waals surface area contributed by atoms with E-state index in [1.165, 1.54) is 0 Å². The number of nitrogens with zero attached hydrogens (tertiary/aromatic N) is 5. The van der Waals surface area contributed by atoms with Crippen LogP contribution in [0.25, 0.3) is 10.9 Å². The molecular formula is C21H25N7O2. The first kappa shape index (κ1) is 19.8. The third-order valence-electron chi connectivity index (χ3n) is 5.44. The molecule has 0 atom stereocenters. The highest BCUT2D eigenvalue weighted by Crippen LogP contribution is 2.18. The lowest BCUT2D eigenvalue weighted by molar-refractivity contribution is 0.0956. The molecule has 9 heteroatoms. The predicted octanol–water partition coefficient (Wildman–Crippen LogP) is 0.712. The zero-order valence-electron chi connectivity index (χ0n) is 16.9. The average Bonchev–Trinajstić information content (AvgIpc) is 3.20. The molecule has 3 aromatic rings. The molecule has 1 aliphatic heterocycles. The van der Waals surface area contributed by atoms with Gasteiger partial charge in [-0.2, -0.15) is 5.10 Å². The number of hydrogen-bond donors (Lipinski definition) is 2. The second-order valence-electron chi connectivity index (χ2n) is 7.31. The summed E-state index contributed by atoms with van der Waals surface area (Å²) in [5, 5.41) is 8.05. The van der Waals surface area contributed by atoms with Crippen LogP contribution in [0.1, 0.15) is 20.8 Å². The first-order chi connectivity index (χ1) is 14.5. The van der Waals surface area contributed by atoms with Crippen molar-refractivity contribution >= 4 is 28.4 Å². The summed E-state index contributed by atoms with van der Waals surface area (Å²) >= 11 is 0. The van der Waals surface area contributed by atoms with Crippen molar-refractivity contribution in [1.82, 2.24) is 25.0 Å². The quantitative estimate of drug-likeness (QED) is 0.623. The number of nitrogens with one attached hydrogen (secondary N) is 1. The average molecular weight is 407 g/mol. The molecule has 0 spiro atoms. The van der Waals surface area contributed by atoms with Crippen LogP contribution in [0, 0.1) is 0 Å². The molecule has 4 rings (SSSR count). The smallest absolute Gasteiger partial charge is 0.269 e. The number of amides is 2. The number of aromatic nitrogens is 3. The van der Waals surface area contributed by atoms with E-state index >= 15 is 0 Å². The SMILES string of the molecule is CNC(=O)c1ccc(N2CCN(CCn3cc4cccc(C(N)=O)c4n3)CC2)cn1. The van der Waals surface area contributed by atoms with Crippen molar-refractivity contribution in [3.63, 3.8) is 0 Å². The Kier molecular flexibility index (Phi) is 5.62. The highest BCUT2D eigenvalue weighted by atomic mass is 16.2. The topological polar surface area (TPSA) is 109 Å². The Balaban J connectivity index is 1.32. The molecule has 1 saturated heterocycles. The van der Waals surface area contributed by atoms with Crippen LogP contribution < -0.4 is 16.0 Å². The van der Waals surface area contributed by atoms with Gasteiger partial charge in [0.2, 0.25) is 0 Å². The fraction of sp³-hybridized carbons (Fsp3) is 0.333. The fourth-order valence-corrected chi connectivity index (χ4v) is 3.72. The summed E-state index contributed by atoms with van der Waals surface area (Å²) in [6.07, 6.45) is 3.71. The second kappa shape index (κ2) is 8.50. The number of nitrogens with two attached hydrogens (primary N) is 1. The Morgan fingerprint density at radius 1 is 1.10 bits per heavy atom. The number of benzene rings is 1. The van der Waals surface area contributed by atoms with Gasteiger partial charge in [0.1, 0.15) is 11.2 Å². The van der Waals surface area contributed by atoms with Crippen molar-refractivity contribution in [2.75, 3.05) is 44.7 Å². The molecule has 3 heterocycles. The Morgan fingerprint density at radius 2 is 1.90 bits per heavy atom. The number of piperazine rings is 1. The van der Waals surface area contributed by atoms with Crippen molar-refractivity contribution in [1.29, 1.82) is 0 Å². The van der Waals surface area contributed by atoms with Crippen LogP contribution >= 0.6 is 0 Å². The zero-order chi connectivity index (χ0) is 21.1. The maximum Gasteiger partial charge on any atom is 0.269 e. The molecule has 0 radical (unpaired) electrons. The summed E-state index contributed by atoms with van der Waals surface area (Å²) < 4.78 is 1.88. The van der Waals surface area contributed by atoms with Crippen LogP contribution in [0.15, 0.2) is 42.7 Å². The molecule has 0 bridgehead atoms. The van der Waals surface area contributed by atoms with Gasteiger partial charge in [0.15, 0.2) is 0 Å². The Labute approximate surface area is 174 Å². The molecule has 0 unspecified atom stereocenters. The van der Waals surface area contributed by atoms with Gasteiger partial charge in [-0.1, -0.05) is 12.1 Å². The van der Waals surface area contributed by atoms with E-state index in [9.17, 15) is 9.59 Å². The van der Waals surface area contributed by atoms with Crippen LogP contribution in [0.3, 0.4) is 0 Å². The molecular weight excluding hydrogens is 382 g/mol. The third-order valence-corrected chi connectivity index (χ3v) is 5.44. The van der Waals surface area contributed by atoms with E-state index in [4.69, 9.17) is 5.73 Å². The summed E-state index contributed by atoms with van der Waals surface area (Å²) in [5.41, 5.74) is 8.01. The van der Waals surface area contributed by atoms with Crippen LogP contribution in [0.4, 0.5) is 5.69 Å². The lowest BCUT2D eigenvalue weighted by Gasteiger charge is -2.35. The number of carbonyl (C=O) groups excluding carboxylic acids is 2. The maximum atomic E-state index is 11.6. The predicted molar refractivity (Wildman–Crippen MR) is 115 cm³/mol. The minimum absolute atomic E-state index is 0.180. The van der Waals surface area contributed by atoms with E-state index in [-0.39, 0.29) is 5.91 Å². The number of rotatable bonds is 6. The second-order valence-corrected chi connectivity index (χ2v) is 7.31. The van der Waals surface area contributed by atoms with Crippen molar-refractivity contribution in [3.05, 3.63) is 54.0 Å². The summed E-state index contributed by atoms with van der Waals surface area (Å²) in [5.74, 6) is -0.639. The van der Waals surface area contributed by atoms with Crippen molar-refractivity contribution in [3.8, 4) is 0 Å². The zero-order valence-corrected chi connectivity index (χ0v) is 16.9. The normalized spacial score (nSPS) is 14.8. The molecule has 3 N–H and O–H groups in total. The van der Waals surface area contributed by atoms with Gasteiger partial charge >= 0.3 is 0 Å². The summed E-state index contributed by atoms with van der Waals surface area (Å²) in [6, 6.07) is 9.16.